The number of phenolic OH excluding ortho intramolecular Hbond substituents is 1. The number of phenols is 1. The summed E-state index contributed by atoms with van der Waals surface area (Å²) in [6.07, 6.45) is 2.03. The van der Waals surface area contributed by atoms with Crippen LogP contribution in [0.4, 0.5) is 5.82 Å². The molecule has 2 N–H and O–H groups in total. The van der Waals surface area contributed by atoms with Crippen LogP contribution in [0.1, 0.15) is 29.0 Å². The van der Waals surface area contributed by atoms with Crippen molar-refractivity contribution in [3.05, 3.63) is 64.3 Å². The highest BCUT2D eigenvalue weighted by molar-refractivity contribution is 6.30. The van der Waals surface area contributed by atoms with Crippen LogP contribution in [0.3, 0.4) is 0 Å². The first-order chi connectivity index (χ1) is 14.0. The van der Waals surface area contributed by atoms with E-state index in [9.17, 15) is 9.90 Å². The lowest BCUT2D eigenvalue weighted by Crippen LogP contribution is -2.25. The molecule has 0 fully saturated rings. The number of aromatic hydroxyl groups is 1. The van der Waals surface area contributed by atoms with Gasteiger partial charge >= 0.3 is 0 Å². The number of fused-ring (bicyclic) bond motifs is 1. The van der Waals surface area contributed by atoms with Gasteiger partial charge < -0.3 is 19.9 Å². The summed E-state index contributed by atoms with van der Waals surface area (Å²) >= 11 is 5.96. The summed E-state index contributed by atoms with van der Waals surface area (Å²) in [5, 5.41) is 18.3. The molecule has 3 aromatic rings. The molecule has 1 amide bonds. The van der Waals surface area contributed by atoms with Crippen molar-refractivity contribution in [3.63, 3.8) is 0 Å². The van der Waals surface area contributed by atoms with E-state index in [1.807, 2.05) is 24.3 Å². The van der Waals surface area contributed by atoms with E-state index in [2.05, 4.69) is 10.4 Å². The van der Waals surface area contributed by atoms with E-state index >= 15 is 0 Å². The normalized spacial score (nSPS) is 15.6. The topological polar surface area (TPSA) is 85.6 Å². The van der Waals surface area contributed by atoms with Crippen molar-refractivity contribution in [1.82, 2.24) is 9.78 Å². The Balaban J connectivity index is 1.73. The SMILES string of the molecule is COc1cc([C@H]2CC(=O)Nc3c2cnn3Cc2ccc(Cl)cc2)cc(OC)c1O. The number of halogens is 1. The molecule has 1 aromatic heterocycles. The summed E-state index contributed by atoms with van der Waals surface area (Å²) in [7, 11) is 2.95. The standard InChI is InChI=1S/C21H20ClN3O4/c1-28-17-7-13(8-18(29-2)20(17)27)15-9-19(26)24-21-16(15)10-23-25(21)11-12-3-5-14(22)6-4-12/h3-8,10,15,27H,9,11H2,1-2H3,(H,24,26)/t15-/m1/s1. The van der Waals surface area contributed by atoms with Crippen molar-refractivity contribution in [2.45, 2.75) is 18.9 Å². The molecule has 0 radical (unpaired) electrons. The van der Waals surface area contributed by atoms with Crippen molar-refractivity contribution < 1.29 is 19.4 Å². The molecular weight excluding hydrogens is 394 g/mol. The predicted molar refractivity (Wildman–Crippen MR) is 109 cm³/mol. The van der Waals surface area contributed by atoms with Crippen LogP contribution >= 0.6 is 11.6 Å². The Morgan fingerprint density at radius 2 is 1.86 bits per heavy atom. The number of benzene rings is 2. The number of aromatic nitrogens is 2. The monoisotopic (exact) mass is 413 g/mol. The number of carbonyl (C=O) groups is 1. The summed E-state index contributed by atoms with van der Waals surface area (Å²) in [5.41, 5.74) is 2.72. The number of nitrogens with one attached hydrogen (secondary N) is 1. The zero-order valence-electron chi connectivity index (χ0n) is 16.0. The van der Waals surface area contributed by atoms with Crippen molar-refractivity contribution in [1.29, 1.82) is 0 Å². The quantitative estimate of drug-likeness (QED) is 0.664. The van der Waals surface area contributed by atoms with Gasteiger partial charge in [0.05, 0.1) is 27.0 Å². The third kappa shape index (κ3) is 3.61. The van der Waals surface area contributed by atoms with Crippen molar-refractivity contribution in [3.8, 4) is 17.2 Å². The second-order valence-corrected chi connectivity index (χ2v) is 7.25. The Bertz CT molecular complexity index is 1040. The number of rotatable bonds is 5. The Morgan fingerprint density at radius 1 is 1.21 bits per heavy atom. The van der Waals surface area contributed by atoms with Gasteiger partial charge in [-0.1, -0.05) is 23.7 Å². The Morgan fingerprint density at radius 3 is 2.48 bits per heavy atom. The lowest BCUT2D eigenvalue weighted by molar-refractivity contribution is -0.116. The number of carbonyl (C=O) groups excluding carboxylic acids is 1. The molecule has 29 heavy (non-hydrogen) atoms. The fourth-order valence-electron chi connectivity index (χ4n) is 3.56. The molecule has 8 heteroatoms. The minimum Gasteiger partial charge on any atom is -0.502 e. The van der Waals surface area contributed by atoms with Gasteiger partial charge in [-0.2, -0.15) is 5.10 Å². The molecule has 0 saturated heterocycles. The minimum absolute atomic E-state index is 0.0716. The summed E-state index contributed by atoms with van der Waals surface area (Å²) in [6.45, 7) is 0.502. The van der Waals surface area contributed by atoms with Crippen molar-refractivity contribution >= 4 is 23.3 Å². The van der Waals surface area contributed by atoms with E-state index in [0.717, 1.165) is 16.7 Å². The van der Waals surface area contributed by atoms with Gasteiger partial charge in [0.25, 0.3) is 0 Å². The van der Waals surface area contributed by atoms with E-state index in [1.54, 1.807) is 23.0 Å². The van der Waals surface area contributed by atoms with Crippen LogP contribution in [0, 0.1) is 0 Å². The molecule has 0 saturated carbocycles. The molecule has 2 heterocycles. The largest absolute Gasteiger partial charge is 0.502 e. The van der Waals surface area contributed by atoms with Crippen LogP contribution in [0.2, 0.25) is 5.02 Å². The number of amides is 1. The van der Waals surface area contributed by atoms with Crippen molar-refractivity contribution in [2.75, 3.05) is 19.5 Å². The maximum Gasteiger partial charge on any atom is 0.226 e. The molecule has 0 spiro atoms. The first-order valence-electron chi connectivity index (χ1n) is 9.05. The molecule has 1 aliphatic rings. The van der Waals surface area contributed by atoms with Gasteiger partial charge in [0.15, 0.2) is 11.5 Å². The van der Waals surface area contributed by atoms with Crippen LogP contribution in [-0.2, 0) is 11.3 Å². The lowest BCUT2D eigenvalue weighted by atomic mass is 9.87. The third-order valence-corrected chi connectivity index (χ3v) is 5.29. The van der Waals surface area contributed by atoms with Crippen LogP contribution in [0.15, 0.2) is 42.6 Å². The highest BCUT2D eigenvalue weighted by Gasteiger charge is 2.31. The van der Waals surface area contributed by atoms with Crippen molar-refractivity contribution in [2.24, 2.45) is 0 Å². The number of hydrogen-bond acceptors (Lipinski definition) is 5. The second kappa shape index (κ2) is 7.67. The summed E-state index contributed by atoms with van der Waals surface area (Å²) in [5.74, 6) is 0.832. The first kappa shape index (κ1) is 19.1. The van der Waals surface area contributed by atoms with Gasteiger partial charge in [0.2, 0.25) is 11.7 Å². The van der Waals surface area contributed by atoms with E-state index in [0.29, 0.717) is 28.9 Å². The highest BCUT2D eigenvalue weighted by Crippen LogP contribution is 2.44. The van der Waals surface area contributed by atoms with Gasteiger partial charge in [0, 0.05) is 22.9 Å². The zero-order chi connectivity index (χ0) is 20.5. The molecule has 1 atom stereocenters. The minimum atomic E-state index is -0.235. The predicted octanol–water partition coefficient (Wildman–Crippen LogP) is 3.78. The average Bonchev–Trinajstić information content (AvgIpc) is 3.11. The molecule has 0 aliphatic carbocycles. The summed E-state index contributed by atoms with van der Waals surface area (Å²) in [6, 6.07) is 10.9. The van der Waals surface area contributed by atoms with Crippen LogP contribution in [-0.4, -0.2) is 35.0 Å². The number of ether oxygens (including phenoxy) is 2. The summed E-state index contributed by atoms with van der Waals surface area (Å²) < 4.78 is 12.3. The number of methoxy groups -OCH3 is 2. The molecule has 1 aliphatic heterocycles. The Hall–Kier alpha value is -3.19. The van der Waals surface area contributed by atoms with Gasteiger partial charge in [-0.05, 0) is 35.4 Å². The van der Waals surface area contributed by atoms with Gasteiger partial charge in [-0.25, -0.2) is 4.68 Å². The number of nitrogens with zero attached hydrogens (tertiary/aromatic N) is 2. The molecule has 2 aromatic carbocycles. The number of hydrogen-bond donors (Lipinski definition) is 2. The second-order valence-electron chi connectivity index (χ2n) is 6.81. The molecule has 0 unspecified atom stereocenters. The maximum absolute atomic E-state index is 12.5. The maximum atomic E-state index is 12.5. The Kier molecular flexibility index (Phi) is 5.07. The van der Waals surface area contributed by atoms with E-state index in [1.165, 1.54) is 14.2 Å². The molecule has 0 bridgehead atoms. The van der Waals surface area contributed by atoms with Crippen LogP contribution < -0.4 is 14.8 Å². The first-order valence-corrected chi connectivity index (χ1v) is 9.42. The van der Waals surface area contributed by atoms with Gasteiger partial charge in [-0.15, -0.1) is 0 Å². The molecule has 4 rings (SSSR count). The molecular formula is C21H20ClN3O4. The van der Waals surface area contributed by atoms with Crippen LogP contribution in [0.25, 0.3) is 0 Å². The zero-order valence-corrected chi connectivity index (χ0v) is 16.7. The molecule has 150 valence electrons. The highest BCUT2D eigenvalue weighted by atomic mass is 35.5. The van der Waals surface area contributed by atoms with Gasteiger partial charge in [0.1, 0.15) is 5.82 Å². The number of anilines is 1. The average molecular weight is 414 g/mol. The van der Waals surface area contributed by atoms with E-state index in [-0.39, 0.29) is 24.0 Å². The van der Waals surface area contributed by atoms with Gasteiger partial charge in [-0.3, -0.25) is 4.79 Å². The van der Waals surface area contributed by atoms with Crippen LogP contribution in [0.5, 0.6) is 17.2 Å². The smallest absolute Gasteiger partial charge is 0.226 e. The van der Waals surface area contributed by atoms with E-state index in [4.69, 9.17) is 21.1 Å². The fraction of sp³-hybridized carbons (Fsp3) is 0.238. The fourth-order valence-corrected chi connectivity index (χ4v) is 3.69. The third-order valence-electron chi connectivity index (χ3n) is 5.04. The summed E-state index contributed by atoms with van der Waals surface area (Å²) in [4.78, 5) is 12.5. The molecule has 7 nitrogen and oxygen atoms in total. The lowest BCUT2D eigenvalue weighted by Gasteiger charge is -2.24. The van der Waals surface area contributed by atoms with E-state index < -0.39 is 0 Å². The Labute approximate surface area is 172 Å².